The molecule has 0 unspecified atom stereocenters. The lowest BCUT2D eigenvalue weighted by atomic mass is 10.2. The highest BCUT2D eigenvalue weighted by Gasteiger charge is 2.07. The first-order valence-electron chi connectivity index (χ1n) is 6.25. The van der Waals surface area contributed by atoms with Crippen LogP contribution in [0.1, 0.15) is 0 Å². The summed E-state index contributed by atoms with van der Waals surface area (Å²) in [6.45, 7) is 0. The molecule has 0 N–H and O–H groups in total. The van der Waals surface area contributed by atoms with Crippen molar-refractivity contribution in [3.05, 3.63) is 72.3 Å². The second-order valence-electron chi connectivity index (χ2n) is 4.09. The average Bonchev–Trinajstić information content (AvgIpc) is 3.14. The fraction of sp³-hybridized carbons (Fsp3) is 0. The Labute approximate surface area is 117 Å². The van der Waals surface area contributed by atoms with Gasteiger partial charge in [0, 0.05) is 24.8 Å². The summed E-state index contributed by atoms with van der Waals surface area (Å²) in [6.07, 6.45) is 10.9. The van der Waals surface area contributed by atoms with Crippen molar-refractivity contribution in [2.24, 2.45) is 9.98 Å². The normalized spacial score (nSPS) is 14.2. The molecule has 20 heavy (non-hydrogen) atoms. The highest BCUT2D eigenvalue weighted by Crippen LogP contribution is 2.19. The number of pyridine rings is 2. The van der Waals surface area contributed by atoms with E-state index in [4.69, 9.17) is 0 Å². The molecule has 0 aliphatic carbocycles. The van der Waals surface area contributed by atoms with E-state index in [1.54, 1.807) is 24.8 Å². The highest BCUT2D eigenvalue weighted by atomic mass is 14.9. The van der Waals surface area contributed by atoms with E-state index in [0.717, 1.165) is 22.8 Å². The minimum atomic E-state index is 0.915. The number of allylic oxidation sites excluding steroid dienone is 2. The Morgan fingerprint density at radius 3 is 1.50 bits per heavy atom. The zero-order valence-electron chi connectivity index (χ0n) is 10.7. The summed E-state index contributed by atoms with van der Waals surface area (Å²) in [7, 11) is 0. The minimum absolute atomic E-state index is 0.915. The van der Waals surface area contributed by atoms with Crippen molar-refractivity contribution in [1.82, 2.24) is 9.97 Å². The Hall–Kier alpha value is -2.88. The third-order valence-corrected chi connectivity index (χ3v) is 2.75. The van der Waals surface area contributed by atoms with Crippen LogP contribution >= 0.6 is 0 Å². The minimum Gasteiger partial charge on any atom is -0.255 e. The Morgan fingerprint density at radius 1 is 0.600 bits per heavy atom. The number of rotatable bonds is 1. The lowest BCUT2D eigenvalue weighted by Crippen LogP contribution is -1.83. The molecule has 96 valence electrons. The van der Waals surface area contributed by atoms with Gasteiger partial charge < -0.3 is 0 Å². The van der Waals surface area contributed by atoms with Crippen molar-refractivity contribution >= 4 is 12.4 Å². The van der Waals surface area contributed by atoms with Gasteiger partial charge in [-0.3, -0.25) is 20.0 Å². The van der Waals surface area contributed by atoms with Crippen LogP contribution in [0, 0.1) is 0 Å². The number of aromatic nitrogens is 2. The molecule has 0 saturated carbocycles. The van der Waals surface area contributed by atoms with Crippen molar-refractivity contribution in [2.75, 3.05) is 0 Å². The molecule has 0 saturated heterocycles. The number of aliphatic imine (C=N–C) groups is 2. The molecule has 4 rings (SSSR count). The van der Waals surface area contributed by atoms with Gasteiger partial charge in [-0.05, 0) is 36.4 Å². The molecular weight excluding hydrogens is 248 g/mol. The monoisotopic (exact) mass is 260 g/mol. The van der Waals surface area contributed by atoms with E-state index in [1.165, 1.54) is 0 Å². The lowest BCUT2D eigenvalue weighted by Gasteiger charge is -1.96. The number of fused-ring (bicyclic) bond motifs is 1. The second-order valence-corrected chi connectivity index (χ2v) is 4.09. The van der Waals surface area contributed by atoms with Gasteiger partial charge in [-0.2, -0.15) is 0 Å². The van der Waals surface area contributed by atoms with E-state index >= 15 is 0 Å². The summed E-state index contributed by atoms with van der Waals surface area (Å²) in [6, 6.07) is 11.6. The topological polar surface area (TPSA) is 50.5 Å². The SMILES string of the molecule is C1=NC2=CC=NC2=C1.c1ccc(-c2ccccn2)nc1. The molecule has 0 aromatic carbocycles. The van der Waals surface area contributed by atoms with Crippen molar-refractivity contribution in [3.63, 3.8) is 0 Å². The molecule has 4 heteroatoms. The molecule has 4 nitrogen and oxygen atoms in total. The fourth-order valence-corrected chi connectivity index (χ4v) is 1.79. The molecule has 0 amide bonds. The summed E-state index contributed by atoms with van der Waals surface area (Å²) in [5.41, 5.74) is 3.81. The summed E-state index contributed by atoms with van der Waals surface area (Å²) in [4.78, 5) is 16.4. The molecular formula is C16H12N4. The Balaban J connectivity index is 0.000000131. The van der Waals surface area contributed by atoms with Gasteiger partial charge in [-0.15, -0.1) is 0 Å². The quantitative estimate of drug-likeness (QED) is 0.791. The van der Waals surface area contributed by atoms with Crippen molar-refractivity contribution in [3.8, 4) is 11.4 Å². The molecule has 2 aromatic heterocycles. The summed E-state index contributed by atoms with van der Waals surface area (Å²) in [5.74, 6) is 0. The molecule has 2 aliphatic rings. The Kier molecular flexibility index (Phi) is 3.55. The van der Waals surface area contributed by atoms with Crippen LogP contribution in [0.2, 0.25) is 0 Å². The van der Waals surface area contributed by atoms with E-state index in [9.17, 15) is 0 Å². The molecule has 0 atom stereocenters. The van der Waals surface area contributed by atoms with Crippen LogP contribution < -0.4 is 0 Å². The third kappa shape index (κ3) is 2.75. The predicted octanol–water partition coefficient (Wildman–Crippen LogP) is 3.07. The summed E-state index contributed by atoms with van der Waals surface area (Å²) < 4.78 is 0. The van der Waals surface area contributed by atoms with Gasteiger partial charge in [-0.25, -0.2) is 0 Å². The van der Waals surface area contributed by atoms with Gasteiger partial charge >= 0.3 is 0 Å². The maximum Gasteiger partial charge on any atom is 0.0901 e. The molecule has 4 heterocycles. The van der Waals surface area contributed by atoms with Crippen LogP contribution in [0.5, 0.6) is 0 Å². The van der Waals surface area contributed by atoms with Gasteiger partial charge in [-0.1, -0.05) is 12.1 Å². The lowest BCUT2D eigenvalue weighted by molar-refractivity contribution is 1.25. The first kappa shape index (κ1) is 12.2. The summed E-state index contributed by atoms with van der Waals surface area (Å²) >= 11 is 0. The highest BCUT2D eigenvalue weighted by molar-refractivity contribution is 5.88. The van der Waals surface area contributed by atoms with Crippen LogP contribution in [0.3, 0.4) is 0 Å². The van der Waals surface area contributed by atoms with Crippen LogP contribution in [0.15, 0.2) is 82.3 Å². The van der Waals surface area contributed by atoms with E-state index < -0.39 is 0 Å². The smallest absolute Gasteiger partial charge is 0.0901 e. The number of nitrogens with zero attached hydrogens (tertiary/aromatic N) is 4. The fourth-order valence-electron chi connectivity index (χ4n) is 1.79. The molecule has 0 radical (unpaired) electrons. The maximum absolute atomic E-state index is 4.19. The summed E-state index contributed by atoms with van der Waals surface area (Å²) in [5, 5.41) is 0. The van der Waals surface area contributed by atoms with Gasteiger partial charge in [0.25, 0.3) is 0 Å². The zero-order chi connectivity index (χ0) is 13.6. The van der Waals surface area contributed by atoms with Gasteiger partial charge in [0.1, 0.15) is 0 Å². The van der Waals surface area contributed by atoms with E-state index in [0.29, 0.717) is 0 Å². The van der Waals surface area contributed by atoms with Gasteiger partial charge in [0.2, 0.25) is 0 Å². The number of hydrogen-bond acceptors (Lipinski definition) is 4. The van der Waals surface area contributed by atoms with Crippen molar-refractivity contribution < 1.29 is 0 Å². The molecule has 2 aliphatic heterocycles. The van der Waals surface area contributed by atoms with Crippen LogP contribution in [-0.2, 0) is 0 Å². The first-order chi connectivity index (χ1) is 9.93. The second kappa shape index (κ2) is 5.84. The van der Waals surface area contributed by atoms with Crippen molar-refractivity contribution in [2.45, 2.75) is 0 Å². The van der Waals surface area contributed by atoms with E-state index in [2.05, 4.69) is 20.0 Å². The molecule has 2 aromatic rings. The molecule has 0 bridgehead atoms. The third-order valence-electron chi connectivity index (χ3n) is 2.75. The number of hydrogen-bond donors (Lipinski definition) is 0. The van der Waals surface area contributed by atoms with Crippen LogP contribution in [-0.4, -0.2) is 22.4 Å². The Bertz CT molecular complexity index is 634. The predicted molar refractivity (Wildman–Crippen MR) is 80.6 cm³/mol. The Morgan fingerprint density at radius 2 is 1.10 bits per heavy atom. The van der Waals surface area contributed by atoms with E-state index in [-0.39, 0.29) is 0 Å². The zero-order valence-corrected chi connectivity index (χ0v) is 10.7. The average molecular weight is 260 g/mol. The largest absolute Gasteiger partial charge is 0.255 e. The van der Waals surface area contributed by atoms with Gasteiger partial charge in [0.15, 0.2) is 0 Å². The van der Waals surface area contributed by atoms with Gasteiger partial charge in [0.05, 0.1) is 22.8 Å². The maximum atomic E-state index is 4.19. The van der Waals surface area contributed by atoms with Crippen molar-refractivity contribution in [1.29, 1.82) is 0 Å². The molecule has 0 spiro atoms. The van der Waals surface area contributed by atoms with Crippen LogP contribution in [0.4, 0.5) is 0 Å². The first-order valence-corrected chi connectivity index (χ1v) is 6.25. The van der Waals surface area contributed by atoms with Crippen LogP contribution in [0.25, 0.3) is 11.4 Å². The van der Waals surface area contributed by atoms with E-state index in [1.807, 2.05) is 48.6 Å². The standard InChI is InChI=1S/C10H8N2.C6H4N2/c1-3-7-11-9(5-1)10-6-2-4-8-12-10;1-3-7-6-2-4-8-5(1)6/h1-8H;1-4H. The molecule has 0 fully saturated rings.